The summed E-state index contributed by atoms with van der Waals surface area (Å²) in [5.41, 5.74) is 0.677. The number of carbonyl (C=O) groups excluding carboxylic acids is 3. The van der Waals surface area contributed by atoms with Gasteiger partial charge in [0.05, 0.1) is 11.2 Å². The number of carbonyl (C=O) groups is 3. The lowest BCUT2D eigenvalue weighted by molar-refractivity contribution is -0.156. The number of hydrogen-bond donors (Lipinski definition) is 1. The number of ether oxygens (including phenoxy) is 1. The molecule has 10 heteroatoms. The average molecular weight is 460 g/mol. The highest BCUT2D eigenvalue weighted by Crippen LogP contribution is 2.34. The van der Waals surface area contributed by atoms with Crippen LogP contribution in [-0.2, 0) is 21.4 Å². The van der Waals surface area contributed by atoms with E-state index in [9.17, 15) is 14.4 Å². The molecule has 0 bridgehead atoms. The molecule has 0 unspecified atom stereocenters. The van der Waals surface area contributed by atoms with Gasteiger partial charge in [0.15, 0.2) is 5.82 Å². The van der Waals surface area contributed by atoms with Crippen molar-refractivity contribution >= 4 is 40.3 Å². The fourth-order valence-corrected chi connectivity index (χ4v) is 4.45. The number of nitrogens with zero attached hydrogens (tertiary/aromatic N) is 4. The molecule has 0 atom stereocenters. The molecule has 3 heterocycles. The summed E-state index contributed by atoms with van der Waals surface area (Å²) >= 11 is 0. The number of fused-ring (bicyclic) bond motifs is 1. The Morgan fingerprint density at radius 2 is 1.91 bits per heavy atom. The maximum absolute atomic E-state index is 15.2. The minimum absolute atomic E-state index is 0.169. The number of aromatic nitrogens is 2. The third-order valence-corrected chi connectivity index (χ3v) is 6.04. The van der Waals surface area contributed by atoms with E-state index in [0.29, 0.717) is 41.9 Å². The molecule has 178 valence electrons. The monoisotopic (exact) mass is 459 g/mol. The summed E-state index contributed by atoms with van der Waals surface area (Å²) in [7, 11) is 1.74. The van der Waals surface area contributed by atoms with Crippen molar-refractivity contribution < 1.29 is 23.5 Å². The molecule has 2 aromatic rings. The van der Waals surface area contributed by atoms with E-state index in [1.165, 1.54) is 11.0 Å². The molecule has 2 saturated heterocycles. The summed E-state index contributed by atoms with van der Waals surface area (Å²) in [5, 5.41) is 7.21. The number of anilines is 2. The van der Waals surface area contributed by atoms with Crippen LogP contribution in [0.4, 0.5) is 20.7 Å². The first kappa shape index (κ1) is 23.0. The van der Waals surface area contributed by atoms with E-state index in [4.69, 9.17) is 4.74 Å². The van der Waals surface area contributed by atoms with Gasteiger partial charge >= 0.3 is 12.0 Å². The normalized spacial score (nSPS) is 18.1. The molecule has 4 rings (SSSR count). The van der Waals surface area contributed by atoms with E-state index in [2.05, 4.69) is 10.4 Å². The van der Waals surface area contributed by atoms with Gasteiger partial charge in [0.25, 0.3) is 0 Å². The van der Waals surface area contributed by atoms with E-state index in [-0.39, 0.29) is 30.8 Å². The van der Waals surface area contributed by atoms with Gasteiger partial charge in [-0.05, 0) is 51.7 Å². The van der Waals surface area contributed by atoms with Gasteiger partial charge in [-0.3, -0.25) is 24.5 Å². The lowest BCUT2D eigenvalue weighted by atomic mass is 9.93. The molecule has 3 amide bonds. The Hall–Kier alpha value is -3.17. The molecule has 1 N–H and O–H groups in total. The molecule has 0 aliphatic carbocycles. The molecular weight excluding hydrogens is 429 g/mol. The molecule has 0 radical (unpaired) electrons. The average Bonchev–Trinajstić information content (AvgIpc) is 3.02. The summed E-state index contributed by atoms with van der Waals surface area (Å²) in [6.45, 7) is 7.04. The number of benzene rings is 1. The van der Waals surface area contributed by atoms with Crippen LogP contribution >= 0.6 is 0 Å². The SMILES string of the molecule is Cn1nc(N2CCC(=O)NC2=O)c2cc(F)c(N3CCC(CC(=O)OC(C)(C)C)CC3)cc21. The molecule has 1 aromatic heterocycles. The van der Waals surface area contributed by atoms with E-state index >= 15 is 4.39 Å². The largest absolute Gasteiger partial charge is 0.460 e. The van der Waals surface area contributed by atoms with Crippen LogP contribution < -0.4 is 15.1 Å². The molecule has 0 saturated carbocycles. The van der Waals surface area contributed by atoms with Crippen molar-refractivity contribution in [1.82, 2.24) is 15.1 Å². The van der Waals surface area contributed by atoms with Gasteiger partial charge < -0.3 is 9.64 Å². The van der Waals surface area contributed by atoms with Crippen LogP contribution in [0.5, 0.6) is 0 Å². The van der Waals surface area contributed by atoms with E-state index in [0.717, 1.165) is 12.8 Å². The standard InChI is InChI=1S/C23H30FN5O4/c1-23(2,3)33-20(31)11-14-5-8-28(9-6-14)18-13-17-15(12-16(18)24)21(26-27(17)4)29-10-7-19(30)25-22(29)32/h12-14H,5-11H2,1-4H3,(H,25,30,32). The predicted molar refractivity (Wildman–Crippen MR) is 122 cm³/mol. The summed E-state index contributed by atoms with van der Waals surface area (Å²) in [6.07, 6.45) is 2.09. The first-order valence-electron chi connectivity index (χ1n) is 11.3. The topological polar surface area (TPSA) is 96.8 Å². The van der Waals surface area contributed by atoms with Crippen LogP contribution in [0.25, 0.3) is 10.9 Å². The molecule has 2 fully saturated rings. The number of imide groups is 1. The number of piperidine rings is 1. The molecule has 0 spiro atoms. The smallest absolute Gasteiger partial charge is 0.329 e. The van der Waals surface area contributed by atoms with Gasteiger partial charge in [0.2, 0.25) is 5.91 Å². The quantitative estimate of drug-likeness (QED) is 0.706. The molecule has 33 heavy (non-hydrogen) atoms. The summed E-state index contributed by atoms with van der Waals surface area (Å²) in [6, 6.07) is 2.61. The van der Waals surface area contributed by atoms with Crippen LogP contribution in [0.3, 0.4) is 0 Å². The van der Waals surface area contributed by atoms with Crippen molar-refractivity contribution in [1.29, 1.82) is 0 Å². The summed E-state index contributed by atoms with van der Waals surface area (Å²) in [5.74, 6) is -0.374. The first-order valence-corrected chi connectivity index (χ1v) is 11.3. The van der Waals surface area contributed by atoms with E-state index in [1.807, 2.05) is 25.7 Å². The predicted octanol–water partition coefficient (Wildman–Crippen LogP) is 3.11. The van der Waals surface area contributed by atoms with Crippen molar-refractivity contribution in [2.24, 2.45) is 13.0 Å². The Balaban J connectivity index is 1.49. The van der Waals surface area contributed by atoms with Gasteiger partial charge in [-0.1, -0.05) is 0 Å². The maximum Gasteiger partial charge on any atom is 0.329 e. The number of aryl methyl sites for hydroxylation is 1. The lowest BCUT2D eigenvalue weighted by Gasteiger charge is -2.34. The van der Waals surface area contributed by atoms with Crippen LogP contribution in [-0.4, -0.2) is 52.9 Å². The Kier molecular flexibility index (Phi) is 6.02. The van der Waals surface area contributed by atoms with Crippen LogP contribution in [0, 0.1) is 11.7 Å². The number of rotatable bonds is 4. The third kappa shape index (κ3) is 4.94. The molecule has 2 aliphatic rings. The minimum atomic E-state index is -0.553. The molecular formula is C23H30FN5O4. The van der Waals surface area contributed by atoms with Crippen LogP contribution in [0.1, 0.15) is 46.5 Å². The Morgan fingerprint density at radius 3 is 2.55 bits per heavy atom. The van der Waals surface area contributed by atoms with Crippen molar-refractivity contribution in [3.63, 3.8) is 0 Å². The number of hydrogen-bond acceptors (Lipinski definition) is 6. The number of esters is 1. The van der Waals surface area contributed by atoms with Gasteiger partial charge in [-0.25, -0.2) is 9.18 Å². The zero-order valence-electron chi connectivity index (χ0n) is 19.5. The number of amides is 3. The number of nitrogens with one attached hydrogen (secondary N) is 1. The van der Waals surface area contributed by atoms with E-state index in [1.54, 1.807) is 17.8 Å². The minimum Gasteiger partial charge on any atom is -0.460 e. The second-order valence-electron chi connectivity index (χ2n) is 9.74. The lowest BCUT2D eigenvalue weighted by Crippen LogP contribution is -2.49. The number of urea groups is 1. The van der Waals surface area contributed by atoms with Crippen molar-refractivity contribution in [2.45, 2.75) is 52.1 Å². The highest BCUT2D eigenvalue weighted by molar-refractivity contribution is 6.09. The van der Waals surface area contributed by atoms with Gasteiger partial charge in [-0.15, -0.1) is 0 Å². The van der Waals surface area contributed by atoms with Gasteiger partial charge in [0, 0.05) is 44.9 Å². The van der Waals surface area contributed by atoms with Crippen LogP contribution in [0.15, 0.2) is 12.1 Å². The Bertz CT molecular complexity index is 1100. The summed E-state index contributed by atoms with van der Waals surface area (Å²) < 4.78 is 22.2. The molecule has 9 nitrogen and oxygen atoms in total. The molecule has 1 aromatic carbocycles. The highest BCUT2D eigenvalue weighted by atomic mass is 19.1. The van der Waals surface area contributed by atoms with Crippen LogP contribution in [0.2, 0.25) is 0 Å². The number of halogens is 1. The zero-order valence-corrected chi connectivity index (χ0v) is 19.5. The van der Waals surface area contributed by atoms with Gasteiger partial charge in [-0.2, -0.15) is 5.10 Å². The fraction of sp³-hybridized carbons (Fsp3) is 0.565. The van der Waals surface area contributed by atoms with Crippen molar-refractivity contribution in [3.05, 3.63) is 17.9 Å². The van der Waals surface area contributed by atoms with Gasteiger partial charge in [0.1, 0.15) is 11.4 Å². The second kappa shape index (κ2) is 8.64. The second-order valence-corrected chi connectivity index (χ2v) is 9.74. The maximum atomic E-state index is 15.2. The summed E-state index contributed by atoms with van der Waals surface area (Å²) in [4.78, 5) is 39.2. The third-order valence-electron chi connectivity index (χ3n) is 6.04. The zero-order chi connectivity index (χ0) is 23.9. The van der Waals surface area contributed by atoms with Crippen molar-refractivity contribution in [2.75, 3.05) is 29.4 Å². The Morgan fingerprint density at radius 1 is 1.21 bits per heavy atom. The van der Waals surface area contributed by atoms with Crippen molar-refractivity contribution in [3.8, 4) is 0 Å². The Labute approximate surface area is 191 Å². The fourth-order valence-electron chi connectivity index (χ4n) is 4.45. The molecule has 2 aliphatic heterocycles. The highest BCUT2D eigenvalue weighted by Gasteiger charge is 2.30. The first-order chi connectivity index (χ1) is 15.5. The van der Waals surface area contributed by atoms with E-state index < -0.39 is 17.4 Å².